The minimum atomic E-state index is -0.795. The molecule has 0 radical (unpaired) electrons. The van der Waals surface area contributed by atoms with E-state index in [2.05, 4.69) is 10.6 Å². The first-order valence-corrected chi connectivity index (χ1v) is 6.94. The first kappa shape index (κ1) is 14.4. The Morgan fingerprint density at radius 1 is 1.40 bits per heavy atom. The van der Waals surface area contributed by atoms with E-state index in [1.807, 2.05) is 19.1 Å². The zero-order chi connectivity index (χ0) is 14.5. The van der Waals surface area contributed by atoms with E-state index in [1.54, 1.807) is 12.1 Å². The van der Waals surface area contributed by atoms with Gasteiger partial charge in [-0.3, -0.25) is 9.59 Å². The molecule has 0 aliphatic heterocycles. The second-order valence-corrected chi connectivity index (χ2v) is 5.31. The summed E-state index contributed by atoms with van der Waals surface area (Å²) < 4.78 is 0. The molecule has 3 N–H and O–H groups in total. The lowest BCUT2D eigenvalue weighted by Gasteiger charge is -2.15. The molecule has 0 saturated heterocycles. The number of hydrogen-bond donors (Lipinski definition) is 3. The van der Waals surface area contributed by atoms with E-state index in [9.17, 15) is 9.59 Å². The summed E-state index contributed by atoms with van der Waals surface area (Å²) >= 11 is 0. The Labute approximate surface area is 118 Å². The van der Waals surface area contributed by atoms with Crippen molar-refractivity contribution in [2.75, 3.05) is 5.32 Å². The van der Waals surface area contributed by atoms with E-state index >= 15 is 0 Å². The number of rotatable bonds is 7. The molecule has 1 atom stereocenters. The average Bonchev–Trinajstić information content (AvgIpc) is 3.20. The molecule has 1 aromatic carbocycles. The van der Waals surface area contributed by atoms with Gasteiger partial charge in [0.05, 0.1) is 0 Å². The van der Waals surface area contributed by atoms with Crippen molar-refractivity contribution in [3.8, 4) is 0 Å². The number of benzene rings is 1. The number of anilines is 1. The Morgan fingerprint density at radius 3 is 2.80 bits per heavy atom. The summed E-state index contributed by atoms with van der Waals surface area (Å²) in [6.45, 7) is 1.93. The van der Waals surface area contributed by atoms with Gasteiger partial charge in [-0.2, -0.15) is 0 Å². The van der Waals surface area contributed by atoms with Crippen molar-refractivity contribution in [2.45, 2.75) is 44.7 Å². The van der Waals surface area contributed by atoms with Crippen LogP contribution in [0.1, 0.15) is 43.0 Å². The maximum atomic E-state index is 11.9. The molecule has 2 rings (SSSR count). The zero-order valence-corrected chi connectivity index (χ0v) is 11.6. The highest BCUT2D eigenvalue weighted by molar-refractivity contribution is 5.95. The molecule has 1 fully saturated rings. The molecule has 1 aliphatic carbocycles. The quantitative estimate of drug-likeness (QED) is 0.713. The molecule has 0 heterocycles. The fraction of sp³-hybridized carbons (Fsp3) is 0.467. The number of carboxylic acids is 1. The van der Waals surface area contributed by atoms with Crippen LogP contribution in [0, 0.1) is 0 Å². The third-order valence-electron chi connectivity index (χ3n) is 3.24. The van der Waals surface area contributed by atoms with Gasteiger partial charge in [-0.25, -0.2) is 0 Å². The molecular weight excluding hydrogens is 256 g/mol. The largest absolute Gasteiger partial charge is 0.481 e. The molecule has 1 saturated carbocycles. The number of aliphatic carboxylic acids is 1. The van der Waals surface area contributed by atoms with E-state index in [1.165, 1.54) is 0 Å². The molecule has 1 aliphatic rings. The summed E-state index contributed by atoms with van der Waals surface area (Å²) in [7, 11) is 0. The van der Waals surface area contributed by atoms with Crippen LogP contribution >= 0.6 is 0 Å². The van der Waals surface area contributed by atoms with Gasteiger partial charge in [0.1, 0.15) is 0 Å². The Balaban J connectivity index is 1.91. The second kappa shape index (κ2) is 6.41. The normalized spacial score (nSPS) is 15.4. The summed E-state index contributed by atoms with van der Waals surface area (Å²) in [4.78, 5) is 22.5. The van der Waals surface area contributed by atoms with Crippen LogP contribution in [-0.4, -0.2) is 29.1 Å². The Hall–Kier alpha value is -2.04. The van der Waals surface area contributed by atoms with E-state index in [0.717, 1.165) is 18.5 Å². The molecule has 0 aromatic heterocycles. The lowest BCUT2D eigenvalue weighted by Crippen LogP contribution is -2.25. The second-order valence-electron chi connectivity index (χ2n) is 5.31. The third-order valence-corrected chi connectivity index (χ3v) is 3.24. The highest BCUT2D eigenvalue weighted by atomic mass is 16.4. The monoisotopic (exact) mass is 276 g/mol. The van der Waals surface area contributed by atoms with Crippen LogP contribution in [-0.2, 0) is 4.79 Å². The van der Waals surface area contributed by atoms with Crippen molar-refractivity contribution in [1.29, 1.82) is 0 Å². The van der Waals surface area contributed by atoms with E-state index in [0.29, 0.717) is 18.0 Å². The van der Waals surface area contributed by atoms with Crippen molar-refractivity contribution in [3.63, 3.8) is 0 Å². The highest BCUT2D eigenvalue weighted by Crippen LogP contribution is 2.20. The highest BCUT2D eigenvalue weighted by Gasteiger charge is 2.23. The number of hydrogen-bond acceptors (Lipinski definition) is 3. The predicted molar refractivity (Wildman–Crippen MR) is 76.9 cm³/mol. The first-order valence-electron chi connectivity index (χ1n) is 6.94. The summed E-state index contributed by atoms with van der Waals surface area (Å²) in [6, 6.07) is 7.68. The van der Waals surface area contributed by atoms with Crippen LogP contribution in [0.25, 0.3) is 0 Å². The summed E-state index contributed by atoms with van der Waals surface area (Å²) in [5.74, 6) is -0.842. The van der Waals surface area contributed by atoms with Gasteiger partial charge in [-0.05, 0) is 44.4 Å². The summed E-state index contributed by atoms with van der Waals surface area (Å²) in [6.07, 6.45) is 2.82. The third kappa shape index (κ3) is 4.57. The molecule has 20 heavy (non-hydrogen) atoms. The SMILES string of the molecule is CC(CCC(=O)O)Nc1cccc(C(=O)NC2CC2)c1. The van der Waals surface area contributed by atoms with Crippen LogP contribution < -0.4 is 10.6 Å². The molecule has 1 amide bonds. The molecule has 1 unspecified atom stereocenters. The van der Waals surface area contributed by atoms with Crippen LogP contribution in [0.15, 0.2) is 24.3 Å². The zero-order valence-electron chi connectivity index (χ0n) is 11.6. The fourth-order valence-corrected chi connectivity index (χ4v) is 1.94. The van der Waals surface area contributed by atoms with E-state index in [-0.39, 0.29) is 18.4 Å². The van der Waals surface area contributed by atoms with Gasteiger partial charge in [0, 0.05) is 29.8 Å². The van der Waals surface area contributed by atoms with Crippen molar-refractivity contribution >= 4 is 17.6 Å². The predicted octanol–water partition coefficient (Wildman–Crippen LogP) is 2.24. The van der Waals surface area contributed by atoms with Crippen LogP contribution in [0.2, 0.25) is 0 Å². The van der Waals surface area contributed by atoms with Gasteiger partial charge in [-0.15, -0.1) is 0 Å². The maximum Gasteiger partial charge on any atom is 0.303 e. The van der Waals surface area contributed by atoms with Crippen molar-refractivity contribution < 1.29 is 14.7 Å². The molecule has 0 bridgehead atoms. The lowest BCUT2D eigenvalue weighted by molar-refractivity contribution is -0.137. The van der Waals surface area contributed by atoms with Gasteiger partial charge in [0.25, 0.3) is 5.91 Å². The minimum Gasteiger partial charge on any atom is -0.481 e. The van der Waals surface area contributed by atoms with Crippen molar-refractivity contribution in [2.24, 2.45) is 0 Å². The van der Waals surface area contributed by atoms with Gasteiger partial charge in [0.2, 0.25) is 0 Å². The number of carbonyl (C=O) groups is 2. The van der Waals surface area contributed by atoms with Gasteiger partial charge >= 0.3 is 5.97 Å². The van der Waals surface area contributed by atoms with Gasteiger partial charge in [-0.1, -0.05) is 6.07 Å². The lowest BCUT2D eigenvalue weighted by atomic mass is 10.1. The Morgan fingerprint density at radius 2 is 2.15 bits per heavy atom. The number of amides is 1. The number of carboxylic acid groups (broad SMARTS) is 1. The molecule has 108 valence electrons. The summed E-state index contributed by atoms with van der Waals surface area (Å²) in [5.41, 5.74) is 1.47. The van der Waals surface area contributed by atoms with Crippen LogP contribution in [0.4, 0.5) is 5.69 Å². The Bertz CT molecular complexity index is 498. The molecule has 0 spiro atoms. The van der Waals surface area contributed by atoms with Crippen LogP contribution in [0.3, 0.4) is 0 Å². The number of carbonyl (C=O) groups excluding carboxylic acids is 1. The Kier molecular flexibility index (Phi) is 4.61. The van der Waals surface area contributed by atoms with Crippen LogP contribution in [0.5, 0.6) is 0 Å². The molecule has 5 heteroatoms. The van der Waals surface area contributed by atoms with Crippen molar-refractivity contribution in [3.05, 3.63) is 29.8 Å². The topological polar surface area (TPSA) is 78.4 Å². The number of nitrogens with one attached hydrogen (secondary N) is 2. The first-order chi connectivity index (χ1) is 9.54. The van der Waals surface area contributed by atoms with E-state index < -0.39 is 5.97 Å². The van der Waals surface area contributed by atoms with Gasteiger partial charge in [0.15, 0.2) is 0 Å². The fourth-order valence-electron chi connectivity index (χ4n) is 1.94. The minimum absolute atomic E-state index is 0.0469. The molecule has 1 aromatic rings. The molecular formula is C15H20N2O3. The smallest absolute Gasteiger partial charge is 0.303 e. The summed E-state index contributed by atoms with van der Waals surface area (Å²) in [5, 5.41) is 14.8. The van der Waals surface area contributed by atoms with E-state index in [4.69, 9.17) is 5.11 Å². The standard InChI is InChI=1S/C15H20N2O3/c1-10(5-8-14(18)19)16-13-4-2-3-11(9-13)15(20)17-12-6-7-12/h2-4,9-10,12,16H,5-8H2,1H3,(H,17,20)(H,18,19). The maximum absolute atomic E-state index is 11.9. The van der Waals surface area contributed by atoms with Crippen molar-refractivity contribution in [1.82, 2.24) is 5.32 Å². The average molecular weight is 276 g/mol. The molecule has 5 nitrogen and oxygen atoms in total. The van der Waals surface area contributed by atoms with Gasteiger partial charge < -0.3 is 15.7 Å².